The second-order valence-electron chi connectivity index (χ2n) is 6.54. The molecular formula is C17H27ClO2Si. The van der Waals surface area contributed by atoms with Gasteiger partial charge in [0.05, 0.1) is 0 Å². The zero-order chi connectivity index (χ0) is 16.2. The van der Waals surface area contributed by atoms with Crippen molar-refractivity contribution < 1.29 is 9.22 Å². The van der Waals surface area contributed by atoms with Gasteiger partial charge in [0.25, 0.3) is 8.32 Å². The van der Waals surface area contributed by atoms with Crippen LogP contribution in [0.1, 0.15) is 47.1 Å². The summed E-state index contributed by atoms with van der Waals surface area (Å²) in [5.41, 5.74) is 2.41. The van der Waals surface area contributed by atoms with E-state index in [0.29, 0.717) is 28.1 Å². The van der Waals surface area contributed by atoms with Gasteiger partial charge in [-0.05, 0) is 34.3 Å². The highest BCUT2D eigenvalue weighted by Gasteiger charge is 2.46. The van der Waals surface area contributed by atoms with Gasteiger partial charge in [0.1, 0.15) is 12.0 Å². The van der Waals surface area contributed by atoms with Crippen LogP contribution in [0.3, 0.4) is 0 Å². The lowest BCUT2D eigenvalue weighted by molar-refractivity contribution is -0.107. The summed E-state index contributed by atoms with van der Waals surface area (Å²) in [6, 6.07) is 5.70. The zero-order valence-electron chi connectivity index (χ0n) is 13.9. The third-order valence-electron chi connectivity index (χ3n) is 4.33. The lowest BCUT2D eigenvalue weighted by Crippen LogP contribution is -2.50. The van der Waals surface area contributed by atoms with Crippen molar-refractivity contribution in [2.24, 2.45) is 0 Å². The third-order valence-corrected chi connectivity index (χ3v) is 10.7. The summed E-state index contributed by atoms with van der Waals surface area (Å²) in [4.78, 5) is 10.6. The van der Waals surface area contributed by atoms with Gasteiger partial charge in [-0.25, -0.2) is 0 Å². The molecule has 0 spiro atoms. The second kappa shape index (κ2) is 7.46. The van der Waals surface area contributed by atoms with Crippen molar-refractivity contribution in [2.75, 3.05) is 0 Å². The minimum absolute atomic E-state index is 0.347. The molecule has 0 unspecified atom stereocenters. The molecule has 1 aromatic rings. The predicted molar refractivity (Wildman–Crippen MR) is 92.9 cm³/mol. The predicted octanol–water partition coefficient (Wildman–Crippen LogP) is 5.64. The molecule has 0 saturated carbocycles. The fourth-order valence-electron chi connectivity index (χ4n) is 3.40. The van der Waals surface area contributed by atoms with Gasteiger partial charge in [0.2, 0.25) is 0 Å². The lowest BCUT2D eigenvalue weighted by atomic mass is 10.2. The Kier molecular flexibility index (Phi) is 6.48. The smallest absolute Gasteiger partial charge is 0.258 e. The first kappa shape index (κ1) is 18.2. The number of benzene rings is 1. The van der Waals surface area contributed by atoms with Crippen molar-refractivity contribution in [2.45, 2.75) is 64.6 Å². The van der Waals surface area contributed by atoms with Gasteiger partial charge in [-0.3, -0.25) is 0 Å². The summed E-state index contributed by atoms with van der Waals surface area (Å²) in [7, 11) is -1.96. The summed E-state index contributed by atoms with van der Waals surface area (Å²) in [6.07, 6.45) is 1.22. The third kappa shape index (κ3) is 3.89. The topological polar surface area (TPSA) is 26.3 Å². The molecule has 0 heterocycles. The van der Waals surface area contributed by atoms with Gasteiger partial charge in [-0.2, -0.15) is 0 Å². The largest absolute Gasteiger partial charge is 0.543 e. The number of carbonyl (C=O) groups excluding carboxylic acids is 1. The van der Waals surface area contributed by atoms with E-state index in [1.807, 2.05) is 18.2 Å². The molecule has 0 amide bonds. The van der Waals surface area contributed by atoms with Crippen LogP contribution < -0.4 is 4.43 Å². The monoisotopic (exact) mass is 326 g/mol. The Balaban J connectivity index is 3.15. The molecule has 0 aliphatic heterocycles. The first-order valence-electron chi connectivity index (χ1n) is 7.66. The molecule has 21 heavy (non-hydrogen) atoms. The van der Waals surface area contributed by atoms with E-state index in [9.17, 15) is 4.79 Å². The Morgan fingerprint density at radius 2 is 1.62 bits per heavy atom. The van der Waals surface area contributed by atoms with Crippen molar-refractivity contribution in [1.82, 2.24) is 0 Å². The standard InChI is InChI=1S/C17H27ClO2Si/c1-12(2)21(13(3)4,14(5)6)20-16-8-7-15(9-10-19)17(18)11-16/h7-8,10-14H,9H2,1-6H3. The van der Waals surface area contributed by atoms with Crippen LogP contribution in [0.4, 0.5) is 0 Å². The minimum Gasteiger partial charge on any atom is -0.543 e. The number of halogens is 1. The number of hydrogen-bond donors (Lipinski definition) is 0. The van der Waals surface area contributed by atoms with Gasteiger partial charge in [-0.15, -0.1) is 0 Å². The molecule has 0 atom stereocenters. The van der Waals surface area contributed by atoms with Gasteiger partial charge >= 0.3 is 0 Å². The molecule has 0 aliphatic rings. The summed E-state index contributed by atoms with van der Waals surface area (Å²) in [5.74, 6) is 0.831. The van der Waals surface area contributed by atoms with Crippen LogP contribution in [0.25, 0.3) is 0 Å². The molecule has 1 rings (SSSR count). The summed E-state index contributed by atoms with van der Waals surface area (Å²) in [6.45, 7) is 13.6. The van der Waals surface area contributed by atoms with E-state index in [0.717, 1.165) is 17.6 Å². The average molecular weight is 327 g/mol. The molecule has 0 saturated heterocycles. The molecule has 4 heteroatoms. The molecule has 0 radical (unpaired) electrons. The van der Waals surface area contributed by atoms with Crippen molar-refractivity contribution in [1.29, 1.82) is 0 Å². The van der Waals surface area contributed by atoms with E-state index in [-0.39, 0.29) is 0 Å². The van der Waals surface area contributed by atoms with E-state index in [4.69, 9.17) is 16.0 Å². The highest BCUT2D eigenvalue weighted by Crippen LogP contribution is 2.43. The van der Waals surface area contributed by atoms with E-state index in [1.54, 1.807) is 0 Å². The highest BCUT2D eigenvalue weighted by atomic mass is 35.5. The van der Waals surface area contributed by atoms with Crippen LogP contribution in [0.5, 0.6) is 5.75 Å². The molecule has 0 aliphatic carbocycles. The minimum atomic E-state index is -1.96. The van der Waals surface area contributed by atoms with Crippen molar-refractivity contribution in [3.8, 4) is 5.75 Å². The maximum atomic E-state index is 10.6. The Morgan fingerprint density at radius 1 is 1.10 bits per heavy atom. The fourth-order valence-corrected chi connectivity index (χ4v) is 8.89. The molecular weight excluding hydrogens is 300 g/mol. The number of carbonyl (C=O) groups is 1. The Hall–Kier alpha value is -0.803. The lowest BCUT2D eigenvalue weighted by Gasteiger charge is -2.42. The van der Waals surface area contributed by atoms with Gasteiger partial charge in [0, 0.05) is 11.4 Å². The van der Waals surface area contributed by atoms with Crippen LogP contribution in [0.15, 0.2) is 18.2 Å². The molecule has 118 valence electrons. The second-order valence-corrected chi connectivity index (χ2v) is 12.3. The summed E-state index contributed by atoms with van der Waals surface area (Å²) in [5, 5.41) is 0.610. The van der Waals surface area contributed by atoms with Gasteiger partial charge < -0.3 is 9.22 Å². The van der Waals surface area contributed by atoms with Crippen LogP contribution in [-0.2, 0) is 11.2 Å². The Labute approximate surface area is 135 Å². The number of rotatable bonds is 7. The average Bonchev–Trinajstić information content (AvgIpc) is 2.37. The van der Waals surface area contributed by atoms with Gasteiger partial charge in [-0.1, -0.05) is 59.2 Å². The molecule has 0 N–H and O–H groups in total. The first-order chi connectivity index (χ1) is 9.75. The quantitative estimate of drug-likeness (QED) is 0.479. The first-order valence-corrected chi connectivity index (χ1v) is 10.2. The Bertz CT molecular complexity index is 462. The molecule has 0 fully saturated rings. The van der Waals surface area contributed by atoms with Crippen molar-refractivity contribution in [3.63, 3.8) is 0 Å². The van der Waals surface area contributed by atoms with Crippen molar-refractivity contribution >= 4 is 26.2 Å². The number of hydrogen-bond acceptors (Lipinski definition) is 2. The van der Waals surface area contributed by atoms with Crippen molar-refractivity contribution in [3.05, 3.63) is 28.8 Å². The van der Waals surface area contributed by atoms with E-state index in [1.165, 1.54) is 0 Å². The van der Waals surface area contributed by atoms with E-state index < -0.39 is 8.32 Å². The molecule has 1 aromatic carbocycles. The summed E-state index contributed by atoms with van der Waals surface area (Å²) < 4.78 is 6.57. The summed E-state index contributed by atoms with van der Waals surface area (Å²) >= 11 is 6.25. The molecule has 0 bridgehead atoms. The van der Waals surface area contributed by atoms with Crippen LogP contribution >= 0.6 is 11.6 Å². The molecule has 2 nitrogen and oxygen atoms in total. The normalized spacial score (nSPS) is 12.3. The zero-order valence-corrected chi connectivity index (χ0v) is 15.7. The Morgan fingerprint density at radius 3 is 2.00 bits per heavy atom. The number of aldehydes is 1. The SMILES string of the molecule is CC(C)[Si](Oc1ccc(CC=O)c(Cl)c1)(C(C)C)C(C)C. The maximum absolute atomic E-state index is 10.6. The van der Waals surface area contributed by atoms with E-state index >= 15 is 0 Å². The van der Waals surface area contributed by atoms with Crippen LogP contribution in [0.2, 0.25) is 21.6 Å². The van der Waals surface area contributed by atoms with E-state index in [2.05, 4.69) is 41.5 Å². The van der Waals surface area contributed by atoms with Crippen LogP contribution in [-0.4, -0.2) is 14.6 Å². The maximum Gasteiger partial charge on any atom is 0.258 e. The molecule has 0 aromatic heterocycles. The fraction of sp³-hybridized carbons (Fsp3) is 0.588. The van der Waals surface area contributed by atoms with Gasteiger partial charge in [0.15, 0.2) is 0 Å². The highest BCUT2D eigenvalue weighted by molar-refractivity contribution is 6.78. The van der Waals surface area contributed by atoms with Crippen LogP contribution in [0, 0.1) is 0 Å².